The van der Waals surface area contributed by atoms with Crippen molar-refractivity contribution in [2.24, 2.45) is 0 Å². The van der Waals surface area contributed by atoms with E-state index >= 15 is 0 Å². The molecule has 0 aliphatic carbocycles. The van der Waals surface area contributed by atoms with Crippen LogP contribution in [0, 0.1) is 11.3 Å². The molecule has 0 aromatic heterocycles. The zero-order valence-electron chi connectivity index (χ0n) is 13.7. The second-order valence-corrected chi connectivity index (χ2v) is 6.64. The number of ether oxygens (including phenoxy) is 1. The molecule has 2 aromatic rings. The van der Waals surface area contributed by atoms with Gasteiger partial charge in [0.25, 0.3) is 15.9 Å². The Bertz CT molecular complexity index is 1020. The van der Waals surface area contributed by atoms with Gasteiger partial charge in [-0.05, 0) is 29.8 Å². The van der Waals surface area contributed by atoms with Gasteiger partial charge in [0.2, 0.25) is 0 Å². The maximum atomic E-state index is 12.4. The van der Waals surface area contributed by atoms with Crippen molar-refractivity contribution in [3.8, 4) is 6.07 Å². The third-order valence-electron chi connectivity index (χ3n) is 3.31. The summed E-state index contributed by atoms with van der Waals surface area (Å²) < 4.78 is 31.2. The first-order chi connectivity index (χ1) is 12.4. The number of benzene rings is 2. The Hall–Kier alpha value is -3.44. The molecule has 0 aliphatic heterocycles. The number of carbonyl (C=O) groups is 2. The van der Waals surface area contributed by atoms with E-state index in [1.807, 2.05) is 10.8 Å². The number of amides is 1. The van der Waals surface area contributed by atoms with E-state index in [2.05, 4.69) is 4.74 Å². The smallest absolute Gasteiger partial charge is 0.339 e. The monoisotopic (exact) mass is 370 g/mol. The van der Waals surface area contributed by atoms with Crippen LogP contribution in [0.4, 0.5) is 0 Å². The average Bonchev–Trinajstić information content (AvgIpc) is 2.65. The first-order valence-corrected chi connectivity index (χ1v) is 8.78. The molecule has 0 unspecified atom stereocenters. The van der Waals surface area contributed by atoms with Gasteiger partial charge in [-0.3, -0.25) is 4.79 Å². The molecule has 0 spiro atoms. The standard InChI is InChI=1S/C18H14N2O5S/c1-25-18(22)15-8-4-5-9-16(15)26(23,24)20-17(21)11-10-13-6-2-3-7-14(13)12-19/h2-11H,1H3,(H,20,21). The Labute approximate surface area is 150 Å². The van der Waals surface area contributed by atoms with Crippen LogP contribution in [0.2, 0.25) is 0 Å². The van der Waals surface area contributed by atoms with Gasteiger partial charge in [0.15, 0.2) is 0 Å². The van der Waals surface area contributed by atoms with Crippen LogP contribution in [-0.4, -0.2) is 27.4 Å². The van der Waals surface area contributed by atoms with Gasteiger partial charge in [-0.15, -0.1) is 0 Å². The number of hydrogen-bond acceptors (Lipinski definition) is 6. The van der Waals surface area contributed by atoms with Gasteiger partial charge < -0.3 is 4.74 Å². The second kappa shape index (κ2) is 8.09. The summed E-state index contributed by atoms with van der Waals surface area (Å²) in [5.74, 6) is -1.76. The molecule has 7 nitrogen and oxygen atoms in total. The number of methoxy groups -OCH3 is 1. The van der Waals surface area contributed by atoms with Gasteiger partial charge in [0, 0.05) is 6.08 Å². The highest BCUT2D eigenvalue weighted by Gasteiger charge is 2.23. The maximum Gasteiger partial charge on any atom is 0.339 e. The number of carbonyl (C=O) groups excluding carboxylic acids is 2. The van der Waals surface area contributed by atoms with Crippen LogP contribution >= 0.6 is 0 Å². The summed E-state index contributed by atoms with van der Waals surface area (Å²) >= 11 is 0. The van der Waals surface area contributed by atoms with E-state index in [4.69, 9.17) is 5.26 Å². The van der Waals surface area contributed by atoms with E-state index in [1.165, 1.54) is 30.3 Å². The highest BCUT2D eigenvalue weighted by molar-refractivity contribution is 7.90. The van der Waals surface area contributed by atoms with Crippen LogP contribution in [0.3, 0.4) is 0 Å². The first-order valence-electron chi connectivity index (χ1n) is 7.30. The van der Waals surface area contributed by atoms with Crippen LogP contribution in [0.1, 0.15) is 21.5 Å². The van der Waals surface area contributed by atoms with Gasteiger partial charge >= 0.3 is 5.97 Å². The lowest BCUT2D eigenvalue weighted by molar-refractivity contribution is -0.114. The Morgan fingerprint density at radius 1 is 1.12 bits per heavy atom. The third kappa shape index (κ3) is 4.34. The largest absolute Gasteiger partial charge is 0.465 e. The van der Waals surface area contributed by atoms with Crippen molar-refractivity contribution in [1.29, 1.82) is 5.26 Å². The second-order valence-electron chi connectivity index (χ2n) is 4.99. The number of hydrogen-bond donors (Lipinski definition) is 1. The summed E-state index contributed by atoms with van der Waals surface area (Å²) in [4.78, 5) is 23.3. The summed E-state index contributed by atoms with van der Waals surface area (Å²) in [5, 5.41) is 9.00. The number of rotatable bonds is 5. The third-order valence-corrected chi connectivity index (χ3v) is 4.72. The molecule has 26 heavy (non-hydrogen) atoms. The Morgan fingerprint density at radius 3 is 2.46 bits per heavy atom. The number of nitrogens with zero attached hydrogens (tertiary/aromatic N) is 1. The number of esters is 1. The van der Waals surface area contributed by atoms with Crippen LogP contribution in [-0.2, 0) is 19.6 Å². The first kappa shape index (κ1) is 18.9. The van der Waals surface area contributed by atoms with Gasteiger partial charge in [-0.25, -0.2) is 17.9 Å². The molecule has 0 aliphatic rings. The van der Waals surface area contributed by atoms with E-state index in [0.29, 0.717) is 11.1 Å². The van der Waals surface area contributed by atoms with Crippen molar-refractivity contribution in [2.75, 3.05) is 7.11 Å². The topological polar surface area (TPSA) is 113 Å². The summed E-state index contributed by atoms with van der Waals surface area (Å²) in [7, 11) is -3.16. The van der Waals surface area contributed by atoms with Crippen molar-refractivity contribution in [2.45, 2.75) is 4.90 Å². The number of nitrogens with one attached hydrogen (secondary N) is 1. The summed E-state index contributed by atoms with van der Waals surface area (Å²) in [6, 6.07) is 13.9. The minimum atomic E-state index is -4.28. The fourth-order valence-electron chi connectivity index (χ4n) is 2.11. The lowest BCUT2D eigenvalue weighted by Crippen LogP contribution is -2.30. The van der Waals surface area contributed by atoms with Gasteiger partial charge in [-0.2, -0.15) is 5.26 Å². The minimum Gasteiger partial charge on any atom is -0.465 e. The summed E-state index contributed by atoms with van der Waals surface area (Å²) in [6.07, 6.45) is 2.32. The molecule has 1 N–H and O–H groups in total. The van der Waals surface area contributed by atoms with Gasteiger partial charge in [0.05, 0.1) is 24.3 Å². The molecule has 1 amide bonds. The van der Waals surface area contributed by atoms with E-state index in [-0.39, 0.29) is 10.5 Å². The quantitative estimate of drug-likeness (QED) is 0.635. The lowest BCUT2D eigenvalue weighted by Gasteiger charge is -2.09. The highest BCUT2D eigenvalue weighted by Crippen LogP contribution is 2.16. The van der Waals surface area contributed by atoms with Crippen LogP contribution < -0.4 is 4.72 Å². The molecule has 2 rings (SSSR count). The summed E-state index contributed by atoms with van der Waals surface area (Å²) in [6.45, 7) is 0. The van der Waals surface area contributed by atoms with Crippen molar-refractivity contribution in [1.82, 2.24) is 4.72 Å². The van der Waals surface area contributed by atoms with Crippen LogP contribution in [0.25, 0.3) is 6.08 Å². The number of sulfonamides is 1. The maximum absolute atomic E-state index is 12.4. The van der Waals surface area contributed by atoms with Gasteiger partial charge in [0.1, 0.15) is 4.90 Å². The molecular weight excluding hydrogens is 356 g/mol. The fourth-order valence-corrected chi connectivity index (χ4v) is 3.25. The summed E-state index contributed by atoms with van der Waals surface area (Å²) in [5.41, 5.74) is 0.627. The molecule has 8 heteroatoms. The van der Waals surface area contributed by atoms with Crippen LogP contribution in [0.5, 0.6) is 0 Å². The SMILES string of the molecule is COC(=O)c1ccccc1S(=O)(=O)NC(=O)C=Cc1ccccc1C#N. The predicted molar refractivity (Wildman–Crippen MR) is 93.3 cm³/mol. The minimum absolute atomic E-state index is 0.186. The van der Waals surface area contributed by atoms with Crippen molar-refractivity contribution >= 4 is 28.0 Å². The van der Waals surface area contributed by atoms with Crippen molar-refractivity contribution in [3.05, 3.63) is 71.3 Å². The molecule has 0 saturated heterocycles. The molecule has 2 aromatic carbocycles. The average molecular weight is 370 g/mol. The normalized spacial score (nSPS) is 10.9. The Kier molecular flexibility index (Phi) is 5.88. The van der Waals surface area contributed by atoms with E-state index < -0.39 is 21.9 Å². The Balaban J connectivity index is 2.25. The predicted octanol–water partition coefficient (Wildman–Crippen LogP) is 1.86. The zero-order chi connectivity index (χ0) is 19.2. The van der Waals surface area contributed by atoms with Crippen molar-refractivity contribution in [3.63, 3.8) is 0 Å². The highest BCUT2D eigenvalue weighted by atomic mass is 32.2. The van der Waals surface area contributed by atoms with E-state index in [9.17, 15) is 18.0 Å². The molecule has 0 saturated carbocycles. The molecule has 132 valence electrons. The van der Waals surface area contributed by atoms with Crippen LogP contribution in [0.15, 0.2) is 59.5 Å². The number of nitriles is 1. The molecular formula is C18H14N2O5S. The van der Waals surface area contributed by atoms with E-state index in [0.717, 1.165) is 13.2 Å². The molecule has 0 fully saturated rings. The lowest BCUT2D eigenvalue weighted by atomic mass is 10.1. The molecule has 0 heterocycles. The van der Waals surface area contributed by atoms with E-state index in [1.54, 1.807) is 24.3 Å². The van der Waals surface area contributed by atoms with Crippen molar-refractivity contribution < 1.29 is 22.7 Å². The zero-order valence-corrected chi connectivity index (χ0v) is 14.5. The van der Waals surface area contributed by atoms with Gasteiger partial charge in [-0.1, -0.05) is 30.3 Å². The molecule has 0 bridgehead atoms. The molecule has 0 radical (unpaired) electrons. The Morgan fingerprint density at radius 2 is 1.77 bits per heavy atom. The fraction of sp³-hybridized carbons (Fsp3) is 0.0556. The molecule has 0 atom stereocenters.